The Morgan fingerprint density at radius 1 is 0.829 bits per heavy atom. The molecule has 35 heavy (non-hydrogen) atoms. The number of benzene rings is 3. The van der Waals surface area contributed by atoms with Crippen LogP contribution in [0.25, 0.3) is 33.5 Å². The van der Waals surface area contributed by atoms with Gasteiger partial charge in [-0.05, 0) is 55.7 Å². The molecule has 0 aliphatic heterocycles. The van der Waals surface area contributed by atoms with Crippen LogP contribution in [-0.2, 0) is 26.3 Å². The summed E-state index contributed by atoms with van der Waals surface area (Å²) in [5.41, 5.74) is 2.26. The maximum atomic E-state index is 13.3. The van der Waals surface area contributed by atoms with Crippen molar-refractivity contribution in [3.8, 4) is 22.5 Å². The Morgan fingerprint density at radius 2 is 1.37 bits per heavy atom. The van der Waals surface area contributed by atoms with Crippen LogP contribution >= 0.6 is 0 Å². The summed E-state index contributed by atoms with van der Waals surface area (Å²) in [6.45, 7) is 3.32. The first kappa shape index (κ1) is 28.5. The molecule has 0 saturated carbocycles. The Kier molecular flexibility index (Phi) is 10.0. The molecule has 4 rings (SSSR count). The average molecular weight is 664 g/mol. The van der Waals surface area contributed by atoms with Crippen molar-refractivity contribution in [2.24, 2.45) is 0 Å². The van der Waals surface area contributed by atoms with Gasteiger partial charge >= 0.3 is 6.18 Å². The van der Waals surface area contributed by atoms with E-state index in [-0.39, 0.29) is 32.3 Å². The van der Waals surface area contributed by atoms with Crippen molar-refractivity contribution in [2.45, 2.75) is 38.7 Å². The molecular weight excluding hydrogens is 641 g/mol. The van der Waals surface area contributed by atoms with Crippen LogP contribution in [0.1, 0.15) is 25.8 Å². The van der Waals surface area contributed by atoms with E-state index >= 15 is 0 Å². The van der Waals surface area contributed by atoms with E-state index in [0.717, 1.165) is 12.1 Å². The minimum Gasteiger partial charge on any atom is -0.393 e. The molecule has 0 fully saturated rings. The molecule has 0 spiro atoms. The van der Waals surface area contributed by atoms with Gasteiger partial charge in [-0.15, -0.1) is 29.8 Å². The fraction of sp³-hybridized carbons (Fsp3) is 0.231. The molecule has 0 saturated heterocycles. The SMILES string of the molecule is CC(O)CC(C)O.Fc1ccc(-c2nc3ccccc3nc2-c2[c-]cc(C(F)(F)F)cc2)cc1.[Ir]. The Hall–Kier alpha value is -2.71. The first-order valence-electron chi connectivity index (χ1n) is 10.5. The summed E-state index contributed by atoms with van der Waals surface area (Å²) in [6, 6.07) is 18.7. The number of halogens is 4. The van der Waals surface area contributed by atoms with Gasteiger partial charge < -0.3 is 10.2 Å². The van der Waals surface area contributed by atoms with Gasteiger partial charge in [-0.2, -0.15) is 13.2 Å². The summed E-state index contributed by atoms with van der Waals surface area (Å²) in [7, 11) is 0. The van der Waals surface area contributed by atoms with Crippen molar-refractivity contribution < 1.29 is 47.9 Å². The summed E-state index contributed by atoms with van der Waals surface area (Å²) in [5, 5.41) is 17.1. The van der Waals surface area contributed by atoms with E-state index in [1.807, 2.05) is 6.07 Å². The molecule has 0 bridgehead atoms. The Balaban J connectivity index is 0.000000476. The van der Waals surface area contributed by atoms with Crippen LogP contribution in [0.2, 0.25) is 0 Å². The molecule has 9 heteroatoms. The second kappa shape index (κ2) is 12.3. The van der Waals surface area contributed by atoms with Gasteiger partial charge in [0.15, 0.2) is 0 Å². The Bertz CT molecular complexity index is 1220. The van der Waals surface area contributed by atoms with E-state index in [9.17, 15) is 17.6 Å². The van der Waals surface area contributed by atoms with Crippen LogP contribution in [0.15, 0.2) is 66.7 Å². The van der Waals surface area contributed by atoms with E-state index in [1.165, 1.54) is 18.2 Å². The second-order valence-electron chi connectivity index (χ2n) is 7.84. The fourth-order valence-electron chi connectivity index (χ4n) is 3.24. The van der Waals surface area contributed by atoms with Gasteiger partial charge in [-0.25, -0.2) is 4.39 Å². The number of hydrogen-bond donors (Lipinski definition) is 2. The molecule has 3 aromatic carbocycles. The first-order valence-corrected chi connectivity index (χ1v) is 10.5. The predicted molar refractivity (Wildman–Crippen MR) is 122 cm³/mol. The number of alkyl halides is 3. The molecule has 2 atom stereocenters. The number of para-hydroxylation sites is 2. The smallest absolute Gasteiger partial charge is 0.381 e. The Labute approximate surface area is 214 Å². The summed E-state index contributed by atoms with van der Waals surface area (Å²) in [6.07, 6.45) is -4.72. The zero-order valence-electron chi connectivity index (χ0n) is 18.8. The largest absolute Gasteiger partial charge is 0.393 e. The summed E-state index contributed by atoms with van der Waals surface area (Å²) in [4.78, 5) is 9.16. The molecule has 0 aliphatic carbocycles. The van der Waals surface area contributed by atoms with E-state index in [2.05, 4.69) is 16.0 Å². The minimum atomic E-state index is -4.44. The number of aliphatic hydroxyl groups excluding tert-OH is 2. The van der Waals surface area contributed by atoms with Crippen molar-refractivity contribution in [3.05, 3.63) is 84.2 Å². The van der Waals surface area contributed by atoms with E-state index in [1.54, 1.807) is 44.2 Å². The van der Waals surface area contributed by atoms with Crippen LogP contribution < -0.4 is 0 Å². The molecule has 0 aliphatic rings. The summed E-state index contributed by atoms with van der Waals surface area (Å²) in [5.74, 6) is -0.393. The first-order chi connectivity index (χ1) is 16.0. The normalized spacial score (nSPS) is 12.8. The van der Waals surface area contributed by atoms with Gasteiger partial charge in [0, 0.05) is 25.8 Å². The molecule has 2 unspecified atom stereocenters. The van der Waals surface area contributed by atoms with Crippen molar-refractivity contribution in [2.75, 3.05) is 0 Å². The van der Waals surface area contributed by atoms with Gasteiger partial charge in [0.05, 0.1) is 28.9 Å². The molecule has 1 heterocycles. The molecule has 1 aromatic heterocycles. The third-order valence-electron chi connectivity index (χ3n) is 4.77. The zero-order valence-corrected chi connectivity index (χ0v) is 21.2. The third-order valence-corrected chi connectivity index (χ3v) is 4.77. The average Bonchev–Trinajstić information content (AvgIpc) is 2.78. The topological polar surface area (TPSA) is 66.2 Å². The number of hydrogen-bond acceptors (Lipinski definition) is 4. The van der Waals surface area contributed by atoms with Crippen LogP contribution in [0, 0.1) is 11.9 Å². The van der Waals surface area contributed by atoms with E-state index in [0.29, 0.717) is 40.0 Å². The van der Waals surface area contributed by atoms with Gasteiger partial charge in [-0.3, -0.25) is 9.97 Å². The zero-order chi connectivity index (χ0) is 24.9. The van der Waals surface area contributed by atoms with E-state index in [4.69, 9.17) is 10.2 Å². The standard InChI is InChI=1S/C21H11F4N2.C5H12O2.Ir/c22-16-11-7-14(8-12-16)20-19(26-17-3-1-2-4-18(17)27-20)13-5-9-15(10-6-13)21(23,24)25;1-4(6)3-5(2)7;/h1-5,7-12H;4-7H,3H2,1-2H3;/q-1;;. The molecule has 187 valence electrons. The maximum absolute atomic E-state index is 13.3. The van der Waals surface area contributed by atoms with Crippen LogP contribution in [-0.4, -0.2) is 32.4 Å². The van der Waals surface area contributed by atoms with Crippen LogP contribution in [0.3, 0.4) is 0 Å². The number of rotatable bonds is 4. The third kappa shape index (κ3) is 7.90. The maximum Gasteiger partial charge on any atom is 0.381 e. The van der Waals surface area contributed by atoms with Gasteiger partial charge in [0.1, 0.15) is 5.82 Å². The summed E-state index contributed by atoms with van der Waals surface area (Å²) >= 11 is 0. The molecule has 0 amide bonds. The number of fused-ring (bicyclic) bond motifs is 1. The van der Waals surface area contributed by atoms with Gasteiger partial charge in [0.25, 0.3) is 0 Å². The predicted octanol–water partition coefficient (Wildman–Crippen LogP) is 6.06. The van der Waals surface area contributed by atoms with Gasteiger partial charge in [-0.1, -0.05) is 24.3 Å². The number of aliphatic hydroxyl groups is 2. The molecule has 4 aromatic rings. The summed E-state index contributed by atoms with van der Waals surface area (Å²) < 4.78 is 51.8. The molecular formula is C26H23F4IrN2O2-. The number of aromatic nitrogens is 2. The fourth-order valence-corrected chi connectivity index (χ4v) is 3.24. The number of nitrogens with zero attached hydrogens (tertiary/aromatic N) is 2. The van der Waals surface area contributed by atoms with Crippen molar-refractivity contribution in [1.82, 2.24) is 9.97 Å². The monoisotopic (exact) mass is 664 g/mol. The van der Waals surface area contributed by atoms with Crippen molar-refractivity contribution in [1.29, 1.82) is 0 Å². The minimum absolute atomic E-state index is 0. The molecule has 1 radical (unpaired) electrons. The second-order valence-corrected chi connectivity index (χ2v) is 7.84. The van der Waals surface area contributed by atoms with Crippen molar-refractivity contribution >= 4 is 11.0 Å². The molecule has 2 N–H and O–H groups in total. The quantitative estimate of drug-likeness (QED) is 0.206. The van der Waals surface area contributed by atoms with E-state index < -0.39 is 17.6 Å². The van der Waals surface area contributed by atoms with Crippen LogP contribution in [0.5, 0.6) is 0 Å². The Morgan fingerprint density at radius 3 is 1.80 bits per heavy atom. The van der Waals surface area contributed by atoms with Crippen LogP contribution in [0.4, 0.5) is 17.6 Å². The molecule has 4 nitrogen and oxygen atoms in total. The van der Waals surface area contributed by atoms with Crippen molar-refractivity contribution in [3.63, 3.8) is 0 Å². The van der Waals surface area contributed by atoms with Gasteiger partial charge in [0.2, 0.25) is 0 Å².